The lowest BCUT2D eigenvalue weighted by atomic mass is 9.96. The number of piperidine rings is 1. The summed E-state index contributed by atoms with van der Waals surface area (Å²) in [5, 5.41) is 5.71. The first kappa shape index (κ1) is 13.0. The predicted molar refractivity (Wildman–Crippen MR) is 73.3 cm³/mol. The van der Waals surface area contributed by atoms with Crippen molar-refractivity contribution in [2.45, 2.75) is 39.3 Å². The molecular formula is C13H23N3S. The second kappa shape index (κ2) is 6.47. The number of thiazole rings is 1. The van der Waals surface area contributed by atoms with Crippen LogP contribution >= 0.6 is 11.3 Å². The van der Waals surface area contributed by atoms with Crippen LogP contribution in [0.15, 0.2) is 10.9 Å². The van der Waals surface area contributed by atoms with Gasteiger partial charge in [-0.2, -0.15) is 0 Å². The number of hydrogen-bond acceptors (Lipinski definition) is 4. The summed E-state index contributed by atoms with van der Waals surface area (Å²) in [6, 6.07) is 0.614. The van der Waals surface area contributed by atoms with Crippen molar-refractivity contribution in [1.29, 1.82) is 0 Å². The number of likely N-dealkylation sites (tertiary alicyclic amines) is 1. The Morgan fingerprint density at radius 1 is 1.47 bits per heavy atom. The third kappa shape index (κ3) is 4.37. The maximum Gasteiger partial charge on any atom is 0.0795 e. The van der Waals surface area contributed by atoms with E-state index in [-0.39, 0.29) is 0 Å². The molecule has 0 radical (unpaired) electrons. The zero-order chi connectivity index (χ0) is 12.1. The molecule has 96 valence electrons. The minimum Gasteiger partial charge on any atom is -0.314 e. The van der Waals surface area contributed by atoms with E-state index in [1.54, 1.807) is 11.3 Å². The first-order chi connectivity index (χ1) is 8.24. The van der Waals surface area contributed by atoms with Gasteiger partial charge < -0.3 is 5.32 Å². The van der Waals surface area contributed by atoms with Gasteiger partial charge in [-0.3, -0.25) is 4.90 Å². The van der Waals surface area contributed by atoms with Gasteiger partial charge in [-0.25, -0.2) is 4.98 Å². The molecule has 0 aliphatic carbocycles. The van der Waals surface area contributed by atoms with Crippen molar-refractivity contribution in [3.8, 4) is 0 Å². The lowest BCUT2D eigenvalue weighted by Gasteiger charge is -2.32. The summed E-state index contributed by atoms with van der Waals surface area (Å²) in [7, 11) is 0. The topological polar surface area (TPSA) is 28.2 Å². The van der Waals surface area contributed by atoms with Gasteiger partial charge in [-0.05, 0) is 38.4 Å². The first-order valence-corrected chi connectivity index (χ1v) is 7.51. The van der Waals surface area contributed by atoms with Crippen LogP contribution in [0.3, 0.4) is 0 Å². The molecule has 0 saturated carbocycles. The number of rotatable bonds is 5. The van der Waals surface area contributed by atoms with Gasteiger partial charge in [-0.15, -0.1) is 11.3 Å². The van der Waals surface area contributed by atoms with Crippen LogP contribution in [0.5, 0.6) is 0 Å². The van der Waals surface area contributed by atoms with E-state index in [0.717, 1.165) is 12.5 Å². The van der Waals surface area contributed by atoms with Crippen molar-refractivity contribution in [2.75, 3.05) is 19.6 Å². The van der Waals surface area contributed by atoms with E-state index in [2.05, 4.69) is 34.4 Å². The highest BCUT2D eigenvalue weighted by atomic mass is 32.1. The summed E-state index contributed by atoms with van der Waals surface area (Å²) in [6.45, 7) is 9.11. The van der Waals surface area contributed by atoms with Crippen molar-refractivity contribution in [2.24, 2.45) is 5.92 Å². The van der Waals surface area contributed by atoms with Crippen LogP contribution in [-0.2, 0) is 6.54 Å². The molecule has 1 aliphatic heterocycles. The van der Waals surface area contributed by atoms with Crippen LogP contribution in [-0.4, -0.2) is 35.6 Å². The summed E-state index contributed by atoms with van der Waals surface area (Å²) in [6.07, 6.45) is 2.65. The van der Waals surface area contributed by atoms with Crippen LogP contribution in [0.1, 0.15) is 32.4 Å². The summed E-state index contributed by atoms with van der Waals surface area (Å²) in [5.74, 6) is 0.865. The molecule has 1 aromatic heterocycles. The monoisotopic (exact) mass is 253 g/mol. The Balaban J connectivity index is 1.67. The van der Waals surface area contributed by atoms with E-state index in [1.165, 1.54) is 38.2 Å². The number of aromatic nitrogens is 1. The molecule has 1 fully saturated rings. The van der Waals surface area contributed by atoms with Gasteiger partial charge in [0.25, 0.3) is 0 Å². The van der Waals surface area contributed by atoms with Gasteiger partial charge in [0, 0.05) is 18.0 Å². The van der Waals surface area contributed by atoms with E-state index >= 15 is 0 Å². The van der Waals surface area contributed by atoms with Crippen molar-refractivity contribution in [1.82, 2.24) is 15.2 Å². The molecule has 3 nitrogen and oxygen atoms in total. The maximum absolute atomic E-state index is 4.35. The van der Waals surface area contributed by atoms with Crippen molar-refractivity contribution < 1.29 is 0 Å². The highest BCUT2D eigenvalue weighted by Crippen LogP contribution is 2.18. The molecular weight excluding hydrogens is 230 g/mol. The van der Waals surface area contributed by atoms with Crippen LogP contribution in [0.4, 0.5) is 0 Å². The Bertz CT molecular complexity index is 302. The molecule has 1 aromatic rings. The summed E-state index contributed by atoms with van der Waals surface area (Å²) < 4.78 is 0. The van der Waals surface area contributed by atoms with E-state index in [4.69, 9.17) is 0 Å². The van der Waals surface area contributed by atoms with Crippen LogP contribution < -0.4 is 5.32 Å². The molecule has 1 N–H and O–H groups in total. The van der Waals surface area contributed by atoms with Gasteiger partial charge in [-0.1, -0.05) is 13.8 Å². The molecule has 0 spiro atoms. The number of nitrogens with zero attached hydrogens (tertiary/aromatic N) is 2. The molecule has 17 heavy (non-hydrogen) atoms. The number of hydrogen-bond donors (Lipinski definition) is 1. The van der Waals surface area contributed by atoms with E-state index in [1.807, 2.05) is 5.51 Å². The molecule has 1 aliphatic rings. The first-order valence-electron chi connectivity index (χ1n) is 6.57. The fourth-order valence-corrected chi connectivity index (χ4v) is 2.85. The highest BCUT2D eigenvalue weighted by molar-refractivity contribution is 7.07. The largest absolute Gasteiger partial charge is 0.314 e. The van der Waals surface area contributed by atoms with Gasteiger partial charge in [0.05, 0.1) is 11.2 Å². The summed E-state index contributed by atoms with van der Waals surface area (Å²) in [5.41, 5.74) is 3.16. The minimum atomic E-state index is 0.614. The zero-order valence-corrected chi connectivity index (χ0v) is 11.7. The van der Waals surface area contributed by atoms with Crippen molar-refractivity contribution in [3.05, 3.63) is 16.6 Å². The zero-order valence-electron chi connectivity index (χ0n) is 10.9. The van der Waals surface area contributed by atoms with Gasteiger partial charge in [0.1, 0.15) is 0 Å². The molecule has 0 unspecified atom stereocenters. The second-order valence-electron chi connectivity index (χ2n) is 5.26. The van der Waals surface area contributed by atoms with Crippen LogP contribution in [0.2, 0.25) is 0 Å². The third-order valence-corrected chi connectivity index (χ3v) is 4.03. The SMILES string of the molecule is CC(C)NCC1CCN(Cc2cscn2)CC1. The van der Waals surface area contributed by atoms with Gasteiger partial charge >= 0.3 is 0 Å². The fourth-order valence-electron chi connectivity index (χ4n) is 2.30. The second-order valence-corrected chi connectivity index (χ2v) is 5.98. The molecule has 0 atom stereocenters. The molecule has 0 aromatic carbocycles. The Morgan fingerprint density at radius 2 is 2.24 bits per heavy atom. The van der Waals surface area contributed by atoms with E-state index in [0.29, 0.717) is 6.04 Å². The van der Waals surface area contributed by atoms with Crippen LogP contribution in [0, 0.1) is 5.92 Å². The predicted octanol–water partition coefficient (Wildman–Crippen LogP) is 2.35. The van der Waals surface area contributed by atoms with Gasteiger partial charge in [0.15, 0.2) is 0 Å². The number of nitrogens with one attached hydrogen (secondary N) is 1. The maximum atomic E-state index is 4.35. The standard InChI is InChI=1S/C13H23N3S/c1-11(2)14-7-12-3-5-16(6-4-12)8-13-9-17-10-15-13/h9-12,14H,3-8H2,1-2H3. The van der Waals surface area contributed by atoms with E-state index < -0.39 is 0 Å². The average Bonchev–Trinajstić information content (AvgIpc) is 2.81. The Hall–Kier alpha value is -0.450. The average molecular weight is 253 g/mol. The molecule has 2 rings (SSSR count). The fraction of sp³-hybridized carbons (Fsp3) is 0.769. The lowest BCUT2D eigenvalue weighted by Crippen LogP contribution is -2.38. The molecule has 1 saturated heterocycles. The molecule has 4 heteroatoms. The summed E-state index contributed by atoms with van der Waals surface area (Å²) in [4.78, 5) is 6.88. The normalized spacial score (nSPS) is 19.0. The quantitative estimate of drug-likeness (QED) is 0.873. The smallest absolute Gasteiger partial charge is 0.0795 e. The Kier molecular flexibility index (Phi) is 4.95. The summed E-state index contributed by atoms with van der Waals surface area (Å²) >= 11 is 1.69. The van der Waals surface area contributed by atoms with E-state index in [9.17, 15) is 0 Å². The van der Waals surface area contributed by atoms with Crippen molar-refractivity contribution in [3.63, 3.8) is 0 Å². The molecule has 2 heterocycles. The molecule has 0 bridgehead atoms. The highest BCUT2D eigenvalue weighted by Gasteiger charge is 2.19. The lowest BCUT2D eigenvalue weighted by molar-refractivity contribution is 0.173. The Labute approximate surface area is 108 Å². The van der Waals surface area contributed by atoms with Crippen molar-refractivity contribution >= 4 is 11.3 Å². The Morgan fingerprint density at radius 3 is 2.82 bits per heavy atom. The van der Waals surface area contributed by atoms with Gasteiger partial charge in [0.2, 0.25) is 0 Å². The molecule has 0 amide bonds. The third-order valence-electron chi connectivity index (χ3n) is 3.39. The minimum absolute atomic E-state index is 0.614. The van der Waals surface area contributed by atoms with Crippen LogP contribution in [0.25, 0.3) is 0 Å².